The summed E-state index contributed by atoms with van der Waals surface area (Å²) >= 11 is 3.45. The van der Waals surface area contributed by atoms with Gasteiger partial charge in [0, 0.05) is 35.8 Å². The van der Waals surface area contributed by atoms with Crippen molar-refractivity contribution in [1.82, 2.24) is 4.90 Å². The molecule has 4 rings (SSSR count). The average Bonchev–Trinajstić information content (AvgIpc) is 3.27. The van der Waals surface area contributed by atoms with Crippen LogP contribution in [0.1, 0.15) is 29.0 Å². The Hall–Kier alpha value is -1.47. The van der Waals surface area contributed by atoms with Crippen LogP contribution in [0.25, 0.3) is 11.0 Å². The number of benzene rings is 1. The number of para-hydroxylation sites is 1. The molecule has 1 aliphatic rings. The van der Waals surface area contributed by atoms with Crippen molar-refractivity contribution in [2.45, 2.75) is 28.8 Å². The molecule has 3 aromatic rings. The standard InChI is InChI=1S/C19H20N2O2S2.ClH/c20-13-5-3-9-21(11-13)19(22)18-15(12-25-17-8-4-10-24-17)14-6-1-2-7-16(14)23-18;/h1-2,4,6-8,10,13H,3,5,9,11-12,20H2;1H. The zero-order valence-electron chi connectivity index (χ0n) is 14.2. The van der Waals surface area contributed by atoms with E-state index in [-0.39, 0.29) is 24.4 Å². The van der Waals surface area contributed by atoms with Gasteiger partial charge in [0.1, 0.15) is 5.58 Å². The molecule has 1 aliphatic heterocycles. The molecule has 0 radical (unpaired) electrons. The molecule has 1 saturated heterocycles. The minimum atomic E-state index is -0.0341. The maximum Gasteiger partial charge on any atom is 0.289 e. The maximum absolute atomic E-state index is 13.1. The number of rotatable bonds is 4. The van der Waals surface area contributed by atoms with E-state index in [4.69, 9.17) is 10.2 Å². The number of carbonyl (C=O) groups excluding carboxylic acids is 1. The first kappa shape index (κ1) is 19.3. The number of thioether (sulfide) groups is 1. The molecule has 2 N–H and O–H groups in total. The minimum Gasteiger partial charge on any atom is -0.451 e. The van der Waals surface area contributed by atoms with Gasteiger partial charge < -0.3 is 15.1 Å². The Balaban J connectivity index is 0.00000196. The summed E-state index contributed by atoms with van der Waals surface area (Å²) in [5.41, 5.74) is 7.81. The quantitative estimate of drug-likeness (QED) is 0.631. The number of amides is 1. The molecule has 7 heteroatoms. The summed E-state index contributed by atoms with van der Waals surface area (Å²) in [5.74, 6) is 1.16. The maximum atomic E-state index is 13.1. The van der Waals surface area contributed by atoms with E-state index >= 15 is 0 Å². The predicted molar refractivity (Wildman–Crippen MR) is 110 cm³/mol. The average molecular weight is 409 g/mol. The van der Waals surface area contributed by atoms with Crippen molar-refractivity contribution in [2.75, 3.05) is 13.1 Å². The molecular formula is C19H21ClN2O2S2. The van der Waals surface area contributed by atoms with Gasteiger partial charge in [0.2, 0.25) is 0 Å². The highest BCUT2D eigenvalue weighted by Crippen LogP contribution is 2.34. The Labute approximate surface area is 167 Å². The Morgan fingerprint density at radius 3 is 2.92 bits per heavy atom. The first-order chi connectivity index (χ1) is 12.2. The zero-order chi connectivity index (χ0) is 17.2. The lowest BCUT2D eigenvalue weighted by molar-refractivity contribution is 0.0678. The molecule has 0 aliphatic carbocycles. The molecule has 0 bridgehead atoms. The van der Waals surface area contributed by atoms with Gasteiger partial charge in [-0.05, 0) is 30.4 Å². The van der Waals surface area contributed by atoms with E-state index in [0.717, 1.165) is 41.7 Å². The third-order valence-electron chi connectivity index (χ3n) is 4.49. The monoisotopic (exact) mass is 408 g/mol. The predicted octanol–water partition coefficient (Wildman–Crippen LogP) is 4.77. The largest absolute Gasteiger partial charge is 0.451 e. The summed E-state index contributed by atoms with van der Waals surface area (Å²) in [5, 5.41) is 3.09. The van der Waals surface area contributed by atoms with Crippen LogP contribution in [0.2, 0.25) is 0 Å². The first-order valence-corrected chi connectivity index (χ1v) is 10.3. The molecule has 2 aromatic heterocycles. The molecular weight excluding hydrogens is 388 g/mol. The summed E-state index contributed by atoms with van der Waals surface area (Å²) in [6, 6.07) is 12.1. The van der Waals surface area contributed by atoms with E-state index in [2.05, 4.69) is 11.4 Å². The van der Waals surface area contributed by atoms with Crippen LogP contribution in [0, 0.1) is 0 Å². The van der Waals surface area contributed by atoms with Crippen molar-refractivity contribution in [3.63, 3.8) is 0 Å². The lowest BCUT2D eigenvalue weighted by Gasteiger charge is -2.30. The number of nitrogens with two attached hydrogens (primary N) is 1. The third-order valence-corrected chi connectivity index (χ3v) is 6.65. The number of piperidine rings is 1. The van der Waals surface area contributed by atoms with Crippen LogP contribution in [0.5, 0.6) is 0 Å². The van der Waals surface area contributed by atoms with Gasteiger partial charge >= 0.3 is 0 Å². The van der Waals surface area contributed by atoms with E-state index in [1.165, 1.54) is 4.21 Å². The number of hydrogen-bond acceptors (Lipinski definition) is 5. The molecule has 1 atom stereocenters. The van der Waals surface area contributed by atoms with Crippen LogP contribution in [-0.4, -0.2) is 29.9 Å². The fourth-order valence-corrected chi connectivity index (χ4v) is 5.05. The number of likely N-dealkylation sites (tertiary alicyclic amines) is 1. The van der Waals surface area contributed by atoms with Gasteiger partial charge in [0.15, 0.2) is 5.76 Å². The summed E-state index contributed by atoms with van der Waals surface area (Å²) in [6.07, 6.45) is 1.93. The van der Waals surface area contributed by atoms with Crippen molar-refractivity contribution < 1.29 is 9.21 Å². The van der Waals surface area contributed by atoms with Crippen LogP contribution < -0.4 is 5.73 Å². The van der Waals surface area contributed by atoms with Crippen molar-refractivity contribution in [3.8, 4) is 0 Å². The van der Waals surface area contributed by atoms with Gasteiger partial charge in [-0.3, -0.25) is 4.79 Å². The highest BCUT2D eigenvalue weighted by atomic mass is 35.5. The minimum absolute atomic E-state index is 0. The second-order valence-electron chi connectivity index (χ2n) is 6.28. The van der Waals surface area contributed by atoms with Crippen LogP contribution in [0.15, 0.2) is 50.4 Å². The van der Waals surface area contributed by atoms with Gasteiger partial charge in [-0.25, -0.2) is 0 Å². The number of carbonyl (C=O) groups is 1. The Bertz CT molecular complexity index is 879. The van der Waals surface area contributed by atoms with Gasteiger partial charge in [-0.2, -0.15) is 0 Å². The molecule has 1 fully saturated rings. The Morgan fingerprint density at radius 2 is 2.15 bits per heavy atom. The van der Waals surface area contributed by atoms with Gasteiger partial charge in [-0.1, -0.05) is 24.3 Å². The Kier molecular flexibility index (Phi) is 6.29. The van der Waals surface area contributed by atoms with Crippen LogP contribution in [0.4, 0.5) is 0 Å². The lowest BCUT2D eigenvalue weighted by atomic mass is 10.1. The van der Waals surface area contributed by atoms with E-state index < -0.39 is 0 Å². The smallest absolute Gasteiger partial charge is 0.289 e. The topological polar surface area (TPSA) is 59.5 Å². The molecule has 1 unspecified atom stereocenters. The molecule has 1 amide bonds. The summed E-state index contributed by atoms with van der Waals surface area (Å²) in [6.45, 7) is 1.36. The van der Waals surface area contributed by atoms with Crippen molar-refractivity contribution in [3.05, 3.63) is 53.1 Å². The second-order valence-corrected chi connectivity index (χ2v) is 8.50. The normalized spacial score (nSPS) is 17.3. The number of halogens is 1. The molecule has 0 spiro atoms. The molecule has 1 aromatic carbocycles. The highest BCUT2D eigenvalue weighted by molar-refractivity contribution is 8.00. The SMILES string of the molecule is Cl.NC1CCCN(C(=O)c2oc3ccccc3c2CSc2cccs2)C1. The lowest BCUT2D eigenvalue weighted by Crippen LogP contribution is -2.45. The van der Waals surface area contributed by atoms with Gasteiger partial charge in [0.05, 0.1) is 4.21 Å². The van der Waals surface area contributed by atoms with Crippen LogP contribution in [-0.2, 0) is 5.75 Å². The highest BCUT2D eigenvalue weighted by Gasteiger charge is 2.28. The fraction of sp³-hybridized carbons (Fsp3) is 0.316. The number of hydrogen-bond donors (Lipinski definition) is 1. The molecule has 4 nitrogen and oxygen atoms in total. The molecule has 138 valence electrons. The van der Waals surface area contributed by atoms with E-state index in [1.54, 1.807) is 23.1 Å². The molecule has 0 saturated carbocycles. The zero-order valence-corrected chi connectivity index (χ0v) is 16.7. The third kappa shape index (κ3) is 3.93. The van der Waals surface area contributed by atoms with Crippen LogP contribution in [0.3, 0.4) is 0 Å². The van der Waals surface area contributed by atoms with Gasteiger partial charge in [-0.15, -0.1) is 35.5 Å². The summed E-state index contributed by atoms with van der Waals surface area (Å²) in [7, 11) is 0. The first-order valence-electron chi connectivity index (χ1n) is 8.44. The van der Waals surface area contributed by atoms with E-state index in [0.29, 0.717) is 12.3 Å². The fourth-order valence-electron chi connectivity index (χ4n) is 3.24. The van der Waals surface area contributed by atoms with Gasteiger partial charge in [0.25, 0.3) is 5.91 Å². The van der Waals surface area contributed by atoms with E-state index in [1.807, 2.05) is 35.2 Å². The van der Waals surface area contributed by atoms with E-state index in [9.17, 15) is 4.79 Å². The number of furan rings is 1. The number of fused-ring (bicyclic) bond motifs is 1. The summed E-state index contributed by atoms with van der Waals surface area (Å²) in [4.78, 5) is 14.9. The summed E-state index contributed by atoms with van der Waals surface area (Å²) < 4.78 is 7.22. The van der Waals surface area contributed by atoms with Crippen molar-refractivity contribution in [2.24, 2.45) is 5.73 Å². The number of thiophene rings is 1. The molecule has 26 heavy (non-hydrogen) atoms. The van der Waals surface area contributed by atoms with Crippen molar-refractivity contribution >= 4 is 52.4 Å². The number of nitrogens with zero attached hydrogens (tertiary/aromatic N) is 1. The van der Waals surface area contributed by atoms with Crippen LogP contribution >= 0.6 is 35.5 Å². The van der Waals surface area contributed by atoms with Crippen molar-refractivity contribution in [1.29, 1.82) is 0 Å². The second kappa shape index (κ2) is 8.48. The Morgan fingerprint density at radius 1 is 1.31 bits per heavy atom. The molecule has 3 heterocycles.